The van der Waals surface area contributed by atoms with Gasteiger partial charge in [0, 0.05) is 35.4 Å². The van der Waals surface area contributed by atoms with E-state index in [0.717, 1.165) is 29.6 Å². The minimum absolute atomic E-state index is 0.166. The third kappa shape index (κ3) is 8.50. The summed E-state index contributed by atoms with van der Waals surface area (Å²) in [7, 11) is 0.311. The lowest BCUT2D eigenvalue weighted by Crippen LogP contribution is -2.37. The predicted molar refractivity (Wildman–Crippen MR) is 134 cm³/mol. The second-order valence-electron chi connectivity index (χ2n) is 7.43. The van der Waals surface area contributed by atoms with Crippen LogP contribution in [0.4, 0.5) is 8.78 Å². The maximum absolute atomic E-state index is 14.7. The van der Waals surface area contributed by atoms with Crippen molar-refractivity contribution in [2.75, 3.05) is 26.7 Å². The number of amides is 1. The Bertz CT molecular complexity index is 1170. The topological polar surface area (TPSA) is 95.0 Å². The molecule has 0 saturated heterocycles. The number of hydrogen-bond acceptors (Lipinski definition) is 7. The smallest absolute Gasteiger partial charge is 0.258 e. The van der Waals surface area contributed by atoms with Crippen LogP contribution in [0.2, 0.25) is 5.02 Å². The highest BCUT2D eigenvalue weighted by molar-refractivity contribution is 7.97. The van der Waals surface area contributed by atoms with Crippen LogP contribution in [0.15, 0.2) is 65.8 Å². The van der Waals surface area contributed by atoms with Crippen molar-refractivity contribution in [3.63, 3.8) is 0 Å². The lowest BCUT2D eigenvalue weighted by molar-refractivity contribution is -0.129. The van der Waals surface area contributed by atoms with Crippen molar-refractivity contribution >= 4 is 40.4 Å². The van der Waals surface area contributed by atoms with Gasteiger partial charge in [-0.15, -0.1) is 0 Å². The third-order valence-electron chi connectivity index (χ3n) is 4.74. The number of hydrogen-bond donors (Lipinski definition) is 2. The summed E-state index contributed by atoms with van der Waals surface area (Å²) in [4.78, 5) is 15.9. The fraction of sp³-hybridized carbons (Fsp3) is 0.217. The summed E-state index contributed by atoms with van der Waals surface area (Å²) in [6, 6.07) is 11.7. The summed E-state index contributed by atoms with van der Waals surface area (Å²) in [6.07, 6.45) is 3.23. The molecule has 0 bridgehead atoms. The molecular formula is C23H23ClF2N4O4S2. The summed E-state index contributed by atoms with van der Waals surface area (Å²) >= 11 is 6.72. The first-order chi connectivity index (χ1) is 17.2. The van der Waals surface area contributed by atoms with Crippen LogP contribution in [0.1, 0.15) is 5.56 Å². The highest BCUT2D eigenvalue weighted by Crippen LogP contribution is 2.33. The van der Waals surface area contributed by atoms with Crippen LogP contribution < -0.4 is 10.2 Å². The number of nitrogens with zero attached hydrogens (tertiary/aromatic N) is 3. The van der Waals surface area contributed by atoms with Crippen molar-refractivity contribution in [2.24, 2.45) is 0 Å². The molecule has 8 nitrogen and oxygen atoms in total. The molecule has 0 fully saturated rings. The zero-order chi connectivity index (χ0) is 26.1. The monoisotopic (exact) mass is 556 g/mol. The molecule has 1 aromatic heterocycles. The molecule has 2 aromatic carbocycles. The molecule has 0 radical (unpaired) electrons. The molecule has 0 saturated carbocycles. The van der Waals surface area contributed by atoms with E-state index in [4.69, 9.17) is 21.5 Å². The zero-order valence-electron chi connectivity index (χ0n) is 19.1. The van der Waals surface area contributed by atoms with Crippen LogP contribution in [-0.4, -0.2) is 55.6 Å². The van der Waals surface area contributed by atoms with E-state index < -0.39 is 34.3 Å². The summed E-state index contributed by atoms with van der Waals surface area (Å²) < 4.78 is 50.4. The number of pyridine rings is 1. The first-order valence-corrected chi connectivity index (χ1v) is 12.9. The van der Waals surface area contributed by atoms with Crippen LogP contribution in [0.3, 0.4) is 0 Å². The average molecular weight is 557 g/mol. The van der Waals surface area contributed by atoms with Crippen molar-refractivity contribution in [3.8, 4) is 11.5 Å². The Morgan fingerprint density at radius 3 is 2.39 bits per heavy atom. The fourth-order valence-electron chi connectivity index (χ4n) is 2.89. The van der Waals surface area contributed by atoms with Crippen LogP contribution in [0.25, 0.3) is 0 Å². The van der Waals surface area contributed by atoms with Gasteiger partial charge in [-0.2, -0.15) is 0 Å². The molecule has 192 valence electrons. The van der Waals surface area contributed by atoms with Crippen LogP contribution in [0.5, 0.6) is 11.5 Å². The standard InChI is InChI=1S/C23H23ClF2N4O4S2/c1-29(36(33)15-16-6-8-27-9-7-16)10-11-30(14-22(31)28-32)35-19-12-20(25)23(21(26)13-19)34-18-4-2-17(24)3-5-18/h2-9,12-13,32H,10-11,14-15H2,1H3,(H,28,31). The van der Waals surface area contributed by atoms with E-state index in [-0.39, 0.29) is 36.0 Å². The first-order valence-electron chi connectivity index (χ1n) is 10.5. The van der Waals surface area contributed by atoms with E-state index in [1.165, 1.54) is 34.1 Å². The number of likely N-dealkylation sites (N-methyl/N-ethyl adjacent to an activating group) is 1. The van der Waals surface area contributed by atoms with E-state index in [1.807, 2.05) is 0 Å². The van der Waals surface area contributed by atoms with Gasteiger partial charge >= 0.3 is 0 Å². The van der Waals surface area contributed by atoms with Gasteiger partial charge in [0.2, 0.25) is 0 Å². The molecule has 2 N–H and O–H groups in total. The van der Waals surface area contributed by atoms with E-state index in [2.05, 4.69) is 4.98 Å². The van der Waals surface area contributed by atoms with Gasteiger partial charge in [-0.05, 0) is 73.1 Å². The van der Waals surface area contributed by atoms with Gasteiger partial charge in [0.25, 0.3) is 5.91 Å². The fourth-order valence-corrected chi connectivity index (χ4v) is 4.97. The molecule has 3 aromatic rings. The van der Waals surface area contributed by atoms with Crippen molar-refractivity contribution < 1.29 is 27.7 Å². The molecule has 0 aliphatic carbocycles. The number of carbonyl (C=O) groups excluding carboxylic acids is 1. The van der Waals surface area contributed by atoms with Gasteiger partial charge in [0.15, 0.2) is 17.4 Å². The number of rotatable bonds is 12. The van der Waals surface area contributed by atoms with E-state index in [1.54, 1.807) is 35.9 Å². The number of carbonyl (C=O) groups is 1. The molecule has 1 unspecified atom stereocenters. The molecule has 0 spiro atoms. The summed E-state index contributed by atoms with van der Waals surface area (Å²) in [5.41, 5.74) is 2.39. The second-order valence-corrected chi connectivity index (χ2v) is 10.6. The number of hydroxylamine groups is 1. The normalized spacial score (nSPS) is 12.1. The Morgan fingerprint density at radius 2 is 1.78 bits per heavy atom. The minimum Gasteiger partial charge on any atom is -0.451 e. The first kappa shape index (κ1) is 28.0. The molecule has 36 heavy (non-hydrogen) atoms. The van der Waals surface area contributed by atoms with Gasteiger partial charge in [-0.25, -0.2) is 27.1 Å². The summed E-state index contributed by atoms with van der Waals surface area (Å²) in [5, 5.41) is 9.37. The second kappa shape index (κ2) is 13.6. The Morgan fingerprint density at radius 1 is 1.14 bits per heavy atom. The molecule has 0 aliphatic heterocycles. The van der Waals surface area contributed by atoms with Crippen molar-refractivity contribution in [1.82, 2.24) is 19.1 Å². The van der Waals surface area contributed by atoms with Gasteiger partial charge in [0.05, 0.1) is 23.3 Å². The van der Waals surface area contributed by atoms with Gasteiger partial charge in [-0.3, -0.25) is 15.0 Å². The van der Waals surface area contributed by atoms with Crippen LogP contribution in [0, 0.1) is 11.6 Å². The maximum atomic E-state index is 14.7. The zero-order valence-corrected chi connectivity index (χ0v) is 21.5. The molecule has 0 aliphatic rings. The van der Waals surface area contributed by atoms with E-state index in [0.29, 0.717) is 5.02 Å². The number of ether oxygens (including phenoxy) is 1. The predicted octanol–water partition coefficient (Wildman–Crippen LogP) is 4.42. The van der Waals surface area contributed by atoms with Crippen LogP contribution in [-0.2, 0) is 21.5 Å². The molecule has 3 rings (SSSR count). The van der Waals surface area contributed by atoms with Crippen molar-refractivity contribution in [2.45, 2.75) is 10.6 Å². The Hall–Kier alpha value is -2.61. The van der Waals surface area contributed by atoms with Gasteiger partial charge in [-0.1, -0.05) is 11.6 Å². The number of halogens is 3. The maximum Gasteiger partial charge on any atom is 0.258 e. The van der Waals surface area contributed by atoms with Crippen molar-refractivity contribution in [3.05, 3.63) is 83.1 Å². The summed E-state index contributed by atoms with van der Waals surface area (Å²) in [6.45, 7) is 0.188. The molecular weight excluding hydrogens is 534 g/mol. The quantitative estimate of drug-likeness (QED) is 0.194. The highest BCUT2D eigenvalue weighted by atomic mass is 35.5. The van der Waals surface area contributed by atoms with Crippen molar-refractivity contribution in [1.29, 1.82) is 0 Å². The van der Waals surface area contributed by atoms with E-state index in [9.17, 15) is 17.8 Å². The van der Waals surface area contributed by atoms with Gasteiger partial charge < -0.3 is 4.74 Å². The van der Waals surface area contributed by atoms with Crippen LogP contribution >= 0.6 is 23.5 Å². The molecule has 1 amide bonds. The third-order valence-corrected chi connectivity index (χ3v) is 7.46. The number of aromatic nitrogens is 1. The number of benzene rings is 2. The minimum atomic E-state index is -1.35. The molecule has 13 heteroatoms. The van der Waals surface area contributed by atoms with E-state index >= 15 is 0 Å². The van der Waals surface area contributed by atoms with Gasteiger partial charge in [0.1, 0.15) is 5.75 Å². The Labute approximate surface area is 218 Å². The Balaban J connectivity index is 1.66. The SMILES string of the molecule is CN(CCN(CC(=O)NO)Sc1cc(F)c(Oc2ccc(Cl)cc2)c(F)c1)S(=O)Cc1ccncc1. The summed E-state index contributed by atoms with van der Waals surface area (Å²) in [5.74, 6) is -2.67. The highest BCUT2D eigenvalue weighted by Gasteiger charge is 2.19. The number of nitrogens with one attached hydrogen (secondary N) is 1. The molecule has 1 atom stereocenters. The largest absolute Gasteiger partial charge is 0.451 e. The lowest BCUT2D eigenvalue weighted by Gasteiger charge is -2.23. The average Bonchev–Trinajstić information content (AvgIpc) is 2.86. The lowest BCUT2D eigenvalue weighted by atomic mass is 10.3. The Kier molecular flexibility index (Phi) is 10.6. The molecule has 1 heterocycles.